The van der Waals surface area contributed by atoms with Crippen LogP contribution in [-0.2, 0) is 0 Å². The van der Waals surface area contributed by atoms with E-state index in [4.69, 9.17) is 4.98 Å². The van der Waals surface area contributed by atoms with Crippen LogP contribution in [0, 0.1) is 0 Å². The molecule has 5 aliphatic heterocycles. The van der Waals surface area contributed by atoms with Crippen LogP contribution < -0.4 is 19.7 Å². The summed E-state index contributed by atoms with van der Waals surface area (Å²) in [5.41, 5.74) is 5.19. The van der Waals surface area contributed by atoms with Gasteiger partial charge in [0.15, 0.2) is 5.69 Å². The maximum Gasteiger partial charge on any atom is 0.229 e. The summed E-state index contributed by atoms with van der Waals surface area (Å²) >= 11 is 1.96. The highest BCUT2D eigenvalue weighted by Gasteiger charge is 2.36. The Morgan fingerprint density at radius 3 is 2.38 bits per heavy atom. The number of anilines is 2. The van der Waals surface area contributed by atoms with Gasteiger partial charge in [0.1, 0.15) is 13.1 Å². The van der Waals surface area contributed by atoms with Crippen molar-refractivity contribution in [1.82, 2.24) is 9.56 Å². The zero-order valence-corrected chi connectivity index (χ0v) is 19.7. The highest BCUT2D eigenvalue weighted by atomic mass is 32.1. The molecule has 4 nitrogen and oxygen atoms in total. The minimum atomic E-state index is 0.758. The van der Waals surface area contributed by atoms with Crippen LogP contribution in [0.5, 0.6) is 0 Å². The standard InChI is InChI=1S/C27H33N4S/c1-2-13-29(12-1)22-16-24(30-14-3-4-15-30)27-26(18-22)32-25-17-21(10-11-23(25)28-27)31-19-6-5-7-20(31)9-8-19/h10-11,16-20H,1-9,12-15H2/q+1. The quantitative estimate of drug-likeness (QED) is 0.405. The first-order valence-electron chi connectivity index (χ1n) is 12.8. The van der Waals surface area contributed by atoms with Crippen LogP contribution in [0.3, 0.4) is 0 Å². The molecule has 4 saturated heterocycles. The molecule has 0 amide bonds. The molecule has 0 aromatic heterocycles. The van der Waals surface area contributed by atoms with Gasteiger partial charge in [-0.3, -0.25) is 0 Å². The number of nitrogens with zero attached hydrogens (tertiary/aromatic N) is 4. The third kappa shape index (κ3) is 3.15. The smallest absolute Gasteiger partial charge is 0.229 e. The molecule has 1 aliphatic carbocycles. The van der Waals surface area contributed by atoms with Crippen LogP contribution >= 0.6 is 11.3 Å². The van der Waals surface area contributed by atoms with Crippen molar-refractivity contribution in [3.63, 3.8) is 0 Å². The third-order valence-electron chi connectivity index (χ3n) is 8.35. The summed E-state index contributed by atoms with van der Waals surface area (Å²) in [6.07, 6.45) is 12.1. The minimum Gasteiger partial charge on any atom is -0.371 e. The summed E-state index contributed by atoms with van der Waals surface area (Å²) in [5.74, 6) is 0. The van der Waals surface area contributed by atoms with Gasteiger partial charge in [0.25, 0.3) is 0 Å². The molecule has 5 heterocycles. The Bertz CT molecular complexity index is 1180. The van der Waals surface area contributed by atoms with E-state index in [-0.39, 0.29) is 0 Å². The average Bonchev–Trinajstić information content (AvgIpc) is 3.58. The van der Waals surface area contributed by atoms with E-state index >= 15 is 0 Å². The van der Waals surface area contributed by atoms with Gasteiger partial charge in [-0.1, -0.05) is 0 Å². The van der Waals surface area contributed by atoms with Crippen molar-refractivity contribution in [3.05, 3.63) is 35.7 Å². The summed E-state index contributed by atoms with van der Waals surface area (Å²) in [7, 11) is 0. The zero-order chi connectivity index (χ0) is 21.1. The molecule has 0 saturated carbocycles. The topological polar surface area (TPSA) is 22.4 Å². The minimum absolute atomic E-state index is 0.758. The van der Waals surface area contributed by atoms with E-state index in [9.17, 15) is 0 Å². The fourth-order valence-electron chi connectivity index (χ4n) is 6.74. The maximum atomic E-state index is 5.26. The molecule has 7 rings (SSSR count). The predicted molar refractivity (Wildman–Crippen MR) is 135 cm³/mol. The summed E-state index contributed by atoms with van der Waals surface area (Å²) in [6, 6.07) is 13.5. The van der Waals surface area contributed by atoms with E-state index in [1.807, 2.05) is 11.3 Å². The average molecular weight is 446 g/mol. The van der Waals surface area contributed by atoms with Gasteiger partial charge < -0.3 is 9.80 Å². The molecule has 6 aliphatic rings. The monoisotopic (exact) mass is 445 g/mol. The van der Waals surface area contributed by atoms with Crippen molar-refractivity contribution >= 4 is 32.9 Å². The first-order valence-corrected chi connectivity index (χ1v) is 13.6. The Kier molecular flexibility index (Phi) is 4.67. The molecule has 2 atom stereocenters. The van der Waals surface area contributed by atoms with Crippen LogP contribution in [0.15, 0.2) is 30.3 Å². The Morgan fingerprint density at radius 2 is 1.59 bits per heavy atom. The molecule has 32 heavy (non-hydrogen) atoms. The second-order valence-corrected chi connectivity index (χ2v) is 11.4. The van der Waals surface area contributed by atoms with E-state index in [1.165, 1.54) is 116 Å². The van der Waals surface area contributed by atoms with Crippen molar-refractivity contribution in [2.24, 2.45) is 0 Å². The van der Waals surface area contributed by atoms with Crippen LogP contribution in [0.4, 0.5) is 11.4 Å². The number of hydrogen-bond donors (Lipinski definition) is 0. The Hall–Kier alpha value is -2.14. The lowest BCUT2D eigenvalue weighted by Gasteiger charge is -2.36. The number of benzene rings is 2. The van der Waals surface area contributed by atoms with Crippen LogP contribution in [0.2, 0.25) is 0 Å². The first-order chi connectivity index (χ1) is 15.8. The summed E-state index contributed by atoms with van der Waals surface area (Å²) in [6.45, 7) is 4.72. The van der Waals surface area contributed by atoms with Gasteiger partial charge in [0.05, 0.1) is 15.1 Å². The largest absolute Gasteiger partial charge is 0.371 e. The summed E-state index contributed by atoms with van der Waals surface area (Å²) in [5, 5.41) is 1.36. The van der Waals surface area contributed by atoms with Gasteiger partial charge in [0.2, 0.25) is 5.36 Å². The van der Waals surface area contributed by atoms with Crippen LogP contribution in [0.1, 0.15) is 57.8 Å². The molecule has 2 unspecified atom stereocenters. The molecular weight excluding hydrogens is 412 g/mol. The molecule has 1 aromatic carbocycles. The number of aromatic nitrogens is 1. The summed E-state index contributed by atoms with van der Waals surface area (Å²) < 4.78 is 3.92. The molecule has 0 spiro atoms. The van der Waals surface area contributed by atoms with Gasteiger partial charge in [-0.2, -0.15) is 0 Å². The second-order valence-electron chi connectivity index (χ2n) is 10.3. The van der Waals surface area contributed by atoms with Gasteiger partial charge in [-0.15, -0.1) is 11.3 Å². The fraction of sp³-hybridized carbons (Fsp3) is 0.556. The van der Waals surface area contributed by atoms with E-state index in [2.05, 4.69) is 44.7 Å². The molecule has 5 heteroatoms. The lowest BCUT2D eigenvalue weighted by Crippen LogP contribution is -2.39. The first kappa shape index (κ1) is 19.3. The van der Waals surface area contributed by atoms with Crippen LogP contribution in [0.25, 0.3) is 20.8 Å². The van der Waals surface area contributed by atoms with E-state index in [0.717, 1.165) is 17.6 Å². The Morgan fingerprint density at radius 1 is 0.812 bits per heavy atom. The third-order valence-corrected chi connectivity index (χ3v) is 9.42. The van der Waals surface area contributed by atoms with Crippen molar-refractivity contribution in [1.29, 1.82) is 0 Å². The Balaban J connectivity index is 1.40. The normalized spacial score (nSPS) is 25.6. The van der Waals surface area contributed by atoms with E-state index in [1.54, 1.807) is 0 Å². The lowest BCUT2D eigenvalue weighted by molar-refractivity contribution is 0.468. The van der Waals surface area contributed by atoms with Gasteiger partial charge >= 0.3 is 0 Å². The molecule has 0 radical (unpaired) electrons. The molecular formula is C27H33N4S+. The van der Waals surface area contributed by atoms with E-state index < -0.39 is 0 Å². The highest BCUT2D eigenvalue weighted by molar-refractivity contribution is 7.21. The Labute approximate surface area is 194 Å². The molecule has 2 bridgehead atoms. The van der Waals surface area contributed by atoms with Crippen molar-refractivity contribution in [2.45, 2.75) is 69.9 Å². The SMILES string of the molecule is c1cc2nc3c(=[N+]4CCCC4)cc(N4CCCC4)cc-3sc2cc1N1C2CCCC1CC2. The van der Waals surface area contributed by atoms with Crippen molar-refractivity contribution < 1.29 is 0 Å². The fourth-order valence-corrected chi connectivity index (χ4v) is 7.80. The number of hydrogen-bond acceptors (Lipinski definition) is 4. The maximum absolute atomic E-state index is 5.26. The molecule has 0 N–H and O–H groups in total. The van der Waals surface area contributed by atoms with Gasteiger partial charge in [-0.25, -0.2) is 9.56 Å². The lowest BCUT2D eigenvalue weighted by atomic mass is 10.0. The van der Waals surface area contributed by atoms with Crippen molar-refractivity contribution in [3.8, 4) is 10.6 Å². The molecule has 166 valence electrons. The zero-order valence-electron chi connectivity index (χ0n) is 18.9. The van der Waals surface area contributed by atoms with Crippen LogP contribution in [-0.4, -0.2) is 43.2 Å². The predicted octanol–water partition coefficient (Wildman–Crippen LogP) is 5.09. The van der Waals surface area contributed by atoms with Gasteiger partial charge in [-0.05, 0) is 69.2 Å². The van der Waals surface area contributed by atoms with E-state index in [0.29, 0.717) is 0 Å². The molecule has 1 aromatic rings. The second kappa shape index (κ2) is 7.72. The number of fused-ring (bicyclic) bond motifs is 4. The number of rotatable bonds is 2. The molecule has 4 fully saturated rings. The number of piperidine rings is 1. The highest BCUT2D eigenvalue weighted by Crippen LogP contribution is 2.41. The van der Waals surface area contributed by atoms with Crippen molar-refractivity contribution in [2.75, 3.05) is 36.0 Å². The van der Waals surface area contributed by atoms with Gasteiger partial charge in [0, 0.05) is 55.5 Å². The summed E-state index contributed by atoms with van der Waals surface area (Å²) in [4.78, 5) is 11.9.